The maximum Gasteiger partial charge on any atom is 0.244 e. The van der Waals surface area contributed by atoms with Gasteiger partial charge in [-0.2, -0.15) is 4.98 Å². The summed E-state index contributed by atoms with van der Waals surface area (Å²) in [4.78, 5) is 9.23. The summed E-state index contributed by atoms with van der Waals surface area (Å²) in [6, 6.07) is 0.124. The molecule has 0 saturated heterocycles. The zero-order valence-corrected chi connectivity index (χ0v) is 9.41. The zero-order valence-electron chi connectivity index (χ0n) is 8.60. The molecule has 0 amide bonds. The van der Waals surface area contributed by atoms with E-state index in [4.69, 9.17) is 4.52 Å². The van der Waals surface area contributed by atoms with Crippen molar-refractivity contribution in [3.8, 4) is 10.7 Å². The molecule has 0 aliphatic rings. The third-order valence-electron chi connectivity index (χ3n) is 2.15. The lowest BCUT2D eigenvalue weighted by Gasteiger charge is -2.06. The molecule has 1 unspecified atom stereocenters. The van der Waals surface area contributed by atoms with E-state index in [1.807, 2.05) is 7.05 Å². The molecule has 0 saturated carbocycles. The lowest BCUT2D eigenvalue weighted by Crippen LogP contribution is -2.15. The minimum Gasteiger partial charge on any atom is -0.337 e. The quantitative estimate of drug-likeness (QED) is 0.858. The van der Waals surface area contributed by atoms with Crippen LogP contribution in [0.4, 0.5) is 0 Å². The Hall–Kier alpha value is -1.27. The smallest absolute Gasteiger partial charge is 0.244 e. The highest BCUT2D eigenvalue weighted by Gasteiger charge is 2.16. The molecule has 2 heterocycles. The molecule has 2 aromatic rings. The van der Waals surface area contributed by atoms with Crippen molar-refractivity contribution in [1.82, 2.24) is 20.4 Å². The minimum absolute atomic E-state index is 0.124. The van der Waals surface area contributed by atoms with Crippen LogP contribution in [0.3, 0.4) is 0 Å². The molecular weight excluding hydrogens is 212 g/mol. The van der Waals surface area contributed by atoms with Crippen molar-refractivity contribution in [3.63, 3.8) is 0 Å². The molecule has 0 aliphatic carbocycles. The first-order valence-corrected chi connectivity index (χ1v) is 5.62. The topological polar surface area (TPSA) is 63.8 Å². The molecule has 6 heteroatoms. The van der Waals surface area contributed by atoms with Crippen LogP contribution in [0.2, 0.25) is 0 Å². The van der Waals surface area contributed by atoms with Crippen molar-refractivity contribution in [2.75, 3.05) is 7.05 Å². The molecular formula is C9H12N4OS. The lowest BCUT2D eigenvalue weighted by atomic mass is 10.2. The molecule has 0 aliphatic heterocycles. The molecule has 0 bridgehead atoms. The number of aromatic nitrogens is 3. The average Bonchev–Trinajstić information content (AvgIpc) is 2.89. The van der Waals surface area contributed by atoms with Gasteiger partial charge in [-0.05, 0) is 13.5 Å². The van der Waals surface area contributed by atoms with E-state index in [1.165, 1.54) is 11.3 Å². The molecule has 1 atom stereocenters. The maximum absolute atomic E-state index is 5.19. The van der Waals surface area contributed by atoms with Crippen molar-refractivity contribution < 1.29 is 4.52 Å². The molecule has 5 nitrogen and oxygen atoms in total. The average molecular weight is 224 g/mol. The first kappa shape index (κ1) is 10.3. The summed E-state index contributed by atoms with van der Waals surface area (Å²) in [6.07, 6.45) is 2.65. The number of rotatable bonds is 4. The zero-order chi connectivity index (χ0) is 10.7. The Balaban J connectivity index is 2.24. The number of nitrogens with one attached hydrogen (secondary N) is 1. The van der Waals surface area contributed by atoms with Gasteiger partial charge in [0.15, 0.2) is 0 Å². The highest BCUT2D eigenvalue weighted by Crippen LogP contribution is 2.22. The van der Waals surface area contributed by atoms with E-state index in [-0.39, 0.29) is 6.04 Å². The summed E-state index contributed by atoms with van der Waals surface area (Å²) >= 11 is 1.50. The van der Waals surface area contributed by atoms with Gasteiger partial charge in [0.1, 0.15) is 0 Å². The number of nitrogens with zero attached hydrogens (tertiary/aromatic N) is 3. The summed E-state index contributed by atoms with van der Waals surface area (Å²) in [5.74, 6) is 1.24. The molecule has 15 heavy (non-hydrogen) atoms. The van der Waals surface area contributed by atoms with Gasteiger partial charge < -0.3 is 9.84 Å². The Morgan fingerprint density at radius 1 is 1.60 bits per heavy atom. The Morgan fingerprint density at radius 2 is 2.47 bits per heavy atom. The fourth-order valence-electron chi connectivity index (χ4n) is 1.31. The second-order valence-corrected chi connectivity index (χ2v) is 3.96. The SMILES string of the molecule is CCC(NC)c1nc(-c2cncs2)no1. The normalized spacial score (nSPS) is 12.9. The summed E-state index contributed by atoms with van der Waals surface area (Å²) < 4.78 is 5.19. The van der Waals surface area contributed by atoms with Crippen molar-refractivity contribution in [2.24, 2.45) is 0 Å². The van der Waals surface area contributed by atoms with Gasteiger partial charge in [0.2, 0.25) is 11.7 Å². The van der Waals surface area contributed by atoms with Crippen LogP contribution in [0.1, 0.15) is 25.3 Å². The molecule has 0 fully saturated rings. The third-order valence-corrected chi connectivity index (χ3v) is 2.92. The Bertz CT molecular complexity index is 407. The Labute approximate surface area is 91.5 Å². The third kappa shape index (κ3) is 2.05. The fraction of sp³-hybridized carbons (Fsp3) is 0.444. The highest BCUT2D eigenvalue weighted by atomic mass is 32.1. The number of hydrogen-bond donors (Lipinski definition) is 1. The molecule has 0 radical (unpaired) electrons. The van der Waals surface area contributed by atoms with Crippen LogP contribution in [0, 0.1) is 0 Å². The van der Waals surface area contributed by atoms with Crippen LogP contribution in [0.15, 0.2) is 16.2 Å². The summed E-state index contributed by atoms with van der Waals surface area (Å²) in [6.45, 7) is 2.07. The van der Waals surface area contributed by atoms with Gasteiger partial charge in [0.05, 0.1) is 16.4 Å². The van der Waals surface area contributed by atoms with Gasteiger partial charge in [-0.15, -0.1) is 11.3 Å². The second kappa shape index (κ2) is 4.50. The molecule has 2 aromatic heterocycles. The van der Waals surface area contributed by atoms with Crippen LogP contribution in [0.25, 0.3) is 10.7 Å². The van der Waals surface area contributed by atoms with E-state index < -0.39 is 0 Å². The van der Waals surface area contributed by atoms with Crippen molar-refractivity contribution in [1.29, 1.82) is 0 Å². The van der Waals surface area contributed by atoms with Crippen molar-refractivity contribution >= 4 is 11.3 Å². The monoisotopic (exact) mass is 224 g/mol. The van der Waals surface area contributed by atoms with Crippen LogP contribution in [-0.2, 0) is 0 Å². The van der Waals surface area contributed by atoms with Crippen molar-refractivity contribution in [2.45, 2.75) is 19.4 Å². The van der Waals surface area contributed by atoms with E-state index in [1.54, 1.807) is 11.7 Å². The van der Waals surface area contributed by atoms with Gasteiger partial charge in [-0.3, -0.25) is 4.98 Å². The number of hydrogen-bond acceptors (Lipinski definition) is 6. The number of thiazole rings is 1. The lowest BCUT2D eigenvalue weighted by molar-refractivity contribution is 0.334. The van der Waals surface area contributed by atoms with Gasteiger partial charge in [0.25, 0.3) is 0 Å². The Kier molecular flexibility index (Phi) is 3.08. The van der Waals surface area contributed by atoms with Gasteiger partial charge in [-0.1, -0.05) is 12.1 Å². The van der Waals surface area contributed by atoms with Gasteiger partial charge >= 0.3 is 0 Å². The highest BCUT2D eigenvalue weighted by molar-refractivity contribution is 7.13. The summed E-state index contributed by atoms with van der Waals surface area (Å²) in [5.41, 5.74) is 1.75. The molecule has 1 N–H and O–H groups in total. The first-order chi connectivity index (χ1) is 7.35. The van der Waals surface area contributed by atoms with Crippen LogP contribution < -0.4 is 5.32 Å². The fourth-order valence-corrected chi connectivity index (χ4v) is 1.85. The van der Waals surface area contributed by atoms with E-state index in [9.17, 15) is 0 Å². The summed E-state index contributed by atoms with van der Waals surface area (Å²) in [7, 11) is 1.88. The Morgan fingerprint density at radius 3 is 3.07 bits per heavy atom. The first-order valence-electron chi connectivity index (χ1n) is 4.75. The summed E-state index contributed by atoms with van der Waals surface area (Å²) in [5, 5.41) is 7.04. The van der Waals surface area contributed by atoms with E-state index in [0.717, 1.165) is 11.3 Å². The van der Waals surface area contributed by atoms with Crippen LogP contribution >= 0.6 is 11.3 Å². The minimum atomic E-state index is 0.124. The van der Waals surface area contributed by atoms with Crippen molar-refractivity contribution in [3.05, 3.63) is 17.6 Å². The predicted octanol–water partition coefficient (Wildman–Crippen LogP) is 1.86. The molecule has 0 spiro atoms. The van der Waals surface area contributed by atoms with E-state index in [2.05, 4.69) is 27.4 Å². The molecule has 0 aromatic carbocycles. The standard InChI is InChI=1S/C9H12N4OS/c1-3-6(10-2)9-12-8(13-14-9)7-4-11-5-15-7/h4-6,10H,3H2,1-2H3. The van der Waals surface area contributed by atoms with E-state index in [0.29, 0.717) is 11.7 Å². The van der Waals surface area contributed by atoms with Gasteiger partial charge in [-0.25, -0.2) is 0 Å². The molecule has 80 valence electrons. The largest absolute Gasteiger partial charge is 0.337 e. The van der Waals surface area contributed by atoms with Gasteiger partial charge in [0, 0.05) is 6.20 Å². The maximum atomic E-state index is 5.19. The predicted molar refractivity (Wildman–Crippen MR) is 57.5 cm³/mol. The van der Waals surface area contributed by atoms with E-state index >= 15 is 0 Å². The molecule has 2 rings (SSSR count). The second-order valence-electron chi connectivity index (χ2n) is 3.07. The van der Waals surface area contributed by atoms with Crippen LogP contribution in [-0.4, -0.2) is 22.2 Å². The van der Waals surface area contributed by atoms with Crippen LogP contribution in [0.5, 0.6) is 0 Å².